The van der Waals surface area contributed by atoms with E-state index in [1.54, 1.807) is 33.9 Å². The monoisotopic (exact) mass is 371 g/mol. The molecule has 0 bridgehead atoms. The Bertz CT molecular complexity index is 858. The molecule has 0 fully saturated rings. The van der Waals surface area contributed by atoms with Gasteiger partial charge in [-0.2, -0.15) is 0 Å². The molecule has 0 aliphatic carbocycles. The number of nitrogens with one attached hydrogen (secondary N) is 1. The minimum absolute atomic E-state index is 0.589. The molecule has 7 nitrogen and oxygen atoms in total. The summed E-state index contributed by atoms with van der Waals surface area (Å²) in [5.74, 6) is 2.79. The lowest BCUT2D eigenvalue weighted by Gasteiger charge is -2.23. The highest BCUT2D eigenvalue weighted by Gasteiger charge is 2.19. The van der Waals surface area contributed by atoms with E-state index in [-0.39, 0.29) is 0 Å². The molecule has 0 aliphatic heterocycles. The quantitative estimate of drug-likeness (QED) is 0.620. The molecular weight excluding hydrogens is 346 g/mol. The summed E-state index contributed by atoms with van der Waals surface area (Å²) in [6.45, 7) is 3.98. The van der Waals surface area contributed by atoms with Crippen molar-refractivity contribution in [3.63, 3.8) is 0 Å². The number of aromatic nitrogens is 2. The van der Waals surface area contributed by atoms with Gasteiger partial charge in [-0.15, -0.1) is 0 Å². The second kappa shape index (κ2) is 8.64. The number of ether oxygens (including phenoxy) is 3. The highest BCUT2D eigenvalue weighted by atomic mass is 16.5. The van der Waals surface area contributed by atoms with Gasteiger partial charge in [0.25, 0.3) is 0 Å². The first-order chi connectivity index (χ1) is 13.2. The Morgan fingerprint density at radius 1 is 1.00 bits per heavy atom. The summed E-state index contributed by atoms with van der Waals surface area (Å²) in [4.78, 5) is 9.80. The maximum atomic E-state index is 5.63. The van der Waals surface area contributed by atoms with Gasteiger partial charge < -0.3 is 23.6 Å². The Morgan fingerprint density at radius 2 is 1.81 bits per heavy atom. The number of hydrogen-bond acceptors (Lipinski definition) is 6. The van der Waals surface area contributed by atoms with Gasteiger partial charge in [-0.1, -0.05) is 6.07 Å². The second-order valence-corrected chi connectivity index (χ2v) is 6.19. The van der Waals surface area contributed by atoms with Crippen LogP contribution in [-0.4, -0.2) is 36.2 Å². The lowest BCUT2D eigenvalue weighted by molar-refractivity contribution is 0.219. The zero-order chi connectivity index (χ0) is 19.2. The largest absolute Gasteiger partial charge is 0.493 e. The maximum absolute atomic E-state index is 5.63. The molecular formula is C20H25N3O4. The van der Waals surface area contributed by atoms with Crippen molar-refractivity contribution in [1.29, 1.82) is 0 Å². The van der Waals surface area contributed by atoms with Crippen LogP contribution in [-0.2, 0) is 19.6 Å². The SMILES string of the molecule is COc1ccc(CN(Cc2ccco2)Cc2nc[nH]c2C)c(OC)c1OC. The maximum Gasteiger partial charge on any atom is 0.203 e. The molecule has 0 amide bonds. The first kappa shape index (κ1) is 18.8. The van der Waals surface area contributed by atoms with Crippen LogP contribution in [0.3, 0.4) is 0 Å². The Kier molecular flexibility index (Phi) is 6.03. The van der Waals surface area contributed by atoms with Gasteiger partial charge in [0.2, 0.25) is 5.75 Å². The number of nitrogens with zero attached hydrogens (tertiary/aromatic N) is 2. The van der Waals surface area contributed by atoms with E-state index in [4.69, 9.17) is 18.6 Å². The van der Waals surface area contributed by atoms with E-state index in [9.17, 15) is 0 Å². The smallest absolute Gasteiger partial charge is 0.203 e. The Morgan fingerprint density at radius 3 is 2.41 bits per heavy atom. The molecule has 144 valence electrons. The fourth-order valence-electron chi connectivity index (χ4n) is 3.08. The van der Waals surface area contributed by atoms with Crippen LogP contribution in [0.2, 0.25) is 0 Å². The number of hydrogen-bond donors (Lipinski definition) is 1. The summed E-state index contributed by atoms with van der Waals surface area (Å²) in [6.07, 6.45) is 3.40. The number of rotatable bonds is 9. The number of imidazole rings is 1. The predicted molar refractivity (Wildman–Crippen MR) is 101 cm³/mol. The number of aryl methyl sites for hydroxylation is 1. The molecule has 3 rings (SSSR count). The van der Waals surface area contributed by atoms with Gasteiger partial charge >= 0.3 is 0 Å². The Hall–Kier alpha value is -2.93. The molecule has 0 aliphatic rings. The molecule has 0 saturated carbocycles. The molecule has 7 heteroatoms. The molecule has 0 unspecified atom stereocenters. The standard InChI is InChI=1S/C20H25N3O4/c1-14-17(22-13-21-14)12-23(11-16-6-5-9-27-16)10-15-7-8-18(24-2)20(26-4)19(15)25-3/h5-9,13H,10-12H2,1-4H3,(H,21,22). The summed E-state index contributed by atoms with van der Waals surface area (Å²) in [7, 11) is 4.86. The van der Waals surface area contributed by atoms with E-state index in [1.807, 2.05) is 31.2 Å². The molecule has 3 aromatic rings. The normalized spacial score (nSPS) is 11.0. The Balaban J connectivity index is 1.90. The summed E-state index contributed by atoms with van der Waals surface area (Å²) >= 11 is 0. The van der Waals surface area contributed by atoms with E-state index in [1.165, 1.54) is 0 Å². The average Bonchev–Trinajstić information content (AvgIpc) is 3.33. The summed E-state index contributed by atoms with van der Waals surface area (Å²) in [5.41, 5.74) is 3.05. The molecule has 2 aromatic heterocycles. The fourth-order valence-corrected chi connectivity index (χ4v) is 3.08. The molecule has 0 spiro atoms. The first-order valence-corrected chi connectivity index (χ1v) is 8.67. The summed E-state index contributed by atoms with van der Waals surface area (Å²) in [5, 5.41) is 0. The van der Waals surface area contributed by atoms with Gasteiger partial charge in [-0.3, -0.25) is 4.90 Å². The van der Waals surface area contributed by atoms with E-state index in [0.717, 1.165) is 22.7 Å². The van der Waals surface area contributed by atoms with Crippen molar-refractivity contribution < 1.29 is 18.6 Å². The number of methoxy groups -OCH3 is 3. The van der Waals surface area contributed by atoms with Crippen LogP contribution in [0.25, 0.3) is 0 Å². The van der Waals surface area contributed by atoms with Gasteiger partial charge in [0.05, 0.1) is 46.2 Å². The third-order valence-electron chi connectivity index (χ3n) is 4.45. The molecule has 1 aromatic carbocycles. The second-order valence-electron chi connectivity index (χ2n) is 6.19. The number of aromatic amines is 1. The van der Waals surface area contributed by atoms with Crippen LogP contribution >= 0.6 is 0 Å². The summed E-state index contributed by atoms with van der Waals surface area (Å²) in [6, 6.07) is 7.74. The van der Waals surface area contributed by atoms with Crippen molar-refractivity contribution in [3.8, 4) is 17.2 Å². The van der Waals surface area contributed by atoms with Crippen LogP contribution in [0, 0.1) is 6.92 Å². The third-order valence-corrected chi connectivity index (χ3v) is 4.45. The van der Waals surface area contributed by atoms with E-state index >= 15 is 0 Å². The molecule has 0 saturated heterocycles. The van der Waals surface area contributed by atoms with Gasteiger partial charge in [0.1, 0.15) is 5.76 Å². The van der Waals surface area contributed by atoms with Crippen molar-refractivity contribution in [2.75, 3.05) is 21.3 Å². The third kappa shape index (κ3) is 4.25. The van der Waals surface area contributed by atoms with Gasteiger partial charge in [0.15, 0.2) is 11.5 Å². The molecule has 0 radical (unpaired) electrons. The topological polar surface area (TPSA) is 72.8 Å². The first-order valence-electron chi connectivity index (χ1n) is 8.67. The molecule has 2 heterocycles. The number of benzene rings is 1. The molecule has 27 heavy (non-hydrogen) atoms. The lowest BCUT2D eigenvalue weighted by Crippen LogP contribution is -2.23. The van der Waals surface area contributed by atoms with Gasteiger partial charge in [0, 0.05) is 24.3 Å². The van der Waals surface area contributed by atoms with Crippen molar-refractivity contribution in [2.45, 2.75) is 26.6 Å². The van der Waals surface area contributed by atoms with E-state index in [0.29, 0.717) is 36.9 Å². The predicted octanol–water partition coefficient (Wildman–Crippen LogP) is 3.54. The van der Waals surface area contributed by atoms with Crippen LogP contribution < -0.4 is 14.2 Å². The highest BCUT2D eigenvalue weighted by molar-refractivity contribution is 5.55. The van der Waals surface area contributed by atoms with Crippen LogP contribution in [0.1, 0.15) is 22.7 Å². The van der Waals surface area contributed by atoms with Crippen molar-refractivity contribution in [1.82, 2.24) is 14.9 Å². The minimum Gasteiger partial charge on any atom is -0.493 e. The zero-order valence-electron chi connectivity index (χ0n) is 16.1. The summed E-state index contributed by atoms with van der Waals surface area (Å²) < 4.78 is 22.1. The van der Waals surface area contributed by atoms with Crippen molar-refractivity contribution in [3.05, 3.63) is 59.6 Å². The van der Waals surface area contributed by atoms with Crippen LogP contribution in [0.5, 0.6) is 17.2 Å². The number of furan rings is 1. The molecule has 0 atom stereocenters. The number of H-pyrrole nitrogens is 1. The fraction of sp³-hybridized carbons (Fsp3) is 0.350. The Labute approximate surface area is 158 Å². The van der Waals surface area contributed by atoms with Crippen molar-refractivity contribution >= 4 is 0 Å². The van der Waals surface area contributed by atoms with Crippen LogP contribution in [0.4, 0.5) is 0 Å². The van der Waals surface area contributed by atoms with Crippen LogP contribution in [0.15, 0.2) is 41.3 Å². The van der Waals surface area contributed by atoms with Gasteiger partial charge in [-0.05, 0) is 25.1 Å². The average molecular weight is 371 g/mol. The zero-order valence-corrected chi connectivity index (χ0v) is 16.1. The minimum atomic E-state index is 0.589. The highest BCUT2D eigenvalue weighted by Crippen LogP contribution is 2.40. The van der Waals surface area contributed by atoms with E-state index in [2.05, 4.69) is 14.9 Å². The molecule has 1 N–H and O–H groups in total. The van der Waals surface area contributed by atoms with Gasteiger partial charge in [-0.25, -0.2) is 4.98 Å². The lowest BCUT2D eigenvalue weighted by atomic mass is 10.1. The van der Waals surface area contributed by atoms with Crippen molar-refractivity contribution in [2.24, 2.45) is 0 Å². The van der Waals surface area contributed by atoms with E-state index < -0.39 is 0 Å².